The number of methoxy groups -OCH3 is 1. The van der Waals surface area contributed by atoms with Gasteiger partial charge in [-0.2, -0.15) is 0 Å². The average molecular weight is 477 g/mol. The second-order valence-corrected chi connectivity index (χ2v) is 9.54. The molecule has 1 aliphatic carbocycles. The predicted molar refractivity (Wildman–Crippen MR) is 131 cm³/mol. The number of anilines is 1. The first-order valence-electron chi connectivity index (χ1n) is 12.6. The van der Waals surface area contributed by atoms with Crippen LogP contribution in [0.2, 0.25) is 0 Å². The molecule has 3 aliphatic rings. The first-order chi connectivity index (χ1) is 17.0. The van der Waals surface area contributed by atoms with E-state index in [4.69, 9.17) is 14.2 Å². The van der Waals surface area contributed by atoms with Crippen molar-refractivity contribution in [3.63, 3.8) is 0 Å². The van der Waals surface area contributed by atoms with Gasteiger partial charge in [-0.1, -0.05) is 31.9 Å². The Kier molecular flexibility index (Phi) is 6.50. The van der Waals surface area contributed by atoms with Gasteiger partial charge in [-0.25, -0.2) is 4.98 Å². The van der Waals surface area contributed by atoms with Gasteiger partial charge in [0.2, 0.25) is 0 Å². The second kappa shape index (κ2) is 9.72. The number of pyridine rings is 1. The van der Waals surface area contributed by atoms with Crippen molar-refractivity contribution in [2.45, 2.75) is 64.5 Å². The lowest BCUT2D eigenvalue weighted by molar-refractivity contribution is -0.131. The minimum Gasteiger partial charge on any atom is -0.493 e. The highest BCUT2D eigenvalue weighted by molar-refractivity contribution is 6.17. The number of fused-ring (bicyclic) bond motifs is 1. The van der Waals surface area contributed by atoms with Gasteiger partial charge in [0.15, 0.2) is 23.0 Å². The fraction of sp³-hybridized carbons (Fsp3) is 0.464. The van der Waals surface area contributed by atoms with Crippen LogP contribution in [0.5, 0.6) is 11.5 Å². The van der Waals surface area contributed by atoms with Crippen LogP contribution in [0.4, 0.5) is 5.82 Å². The molecule has 2 aliphatic heterocycles. The van der Waals surface area contributed by atoms with Crippen LogP contribution in [0.25, 0.3) is 0 Å². The first kappa shape index (κ1) is 23.4. The highest BCUT2D eigenvalue weighted by Gasteiger charge is 2.52. The number of ketones is 1. The lowest BCUT2D eigenvalue weighted by Gasteiger charge is -2.35. The van der Waals surface area contributed by atoms with Crippen LogP contribution in [0.3, 0.4) is 0 Å². The Morgan fingerprint density at radius 3 is 2.69 bits per heavy atom. The number of aryl methyl sites for hydroxylation is 1. The summed E-state index contributed by atoms with van der Waals surface area (Å²) in [6.45, 7) is 4.65. The molecule has 7 nitrogen and oxygen atoms in total. The molecule has 0 N–H and O–H groups in total. The molecule has 0 radical (unpaired) electrons. The van der Waals surface area contributed by atoms with Gasteiger partial charge in [-0.3, -0.25) is 14.5 Å². The van der Waals surface area contributed by atoms with Gasteiger partial charge in [-0.05, 0) is 61.9 Å². The van der Waals surface area contributed by atoms with Gasteiger partial charge in [0.25, 0.3) is 5.91 Å². The summed E-state index contributed by atoms with van der Waals surface area (Å²) in [5, 5.41) is 0. The standard InChI is InChI=1S/C28H32N2O5/c1-4-5-14-34-21-12-11-18(15-22(21)33-3)25-24-26(31)19-8-6-7-9-20(19)35-27(24)28(32)30(25)23-13-10-17(2)16-29-23/h10-13,15-16,19-20,25H,4-9,14H2,1-3H3. The van der Waals surface area contributed by atoms with Crippen molar-refractivity contribution in [2.75, 3.05) is 18.6 Å². The van der Waals surface area contributed by atoms with Crippen molar-refractivity contribution < 1.29 is 23.8 Å². The summed E-state index contributed by atoms with van der Waals surface area (Å²) >= 11 is 0. The van der Waals surface area contributed by atoms with Gasteiger partial charge in [-0.15, -0.1) is 0 Å². The number of carbonyl (C=O) groups is 2. The Morgan fingerprint density at radius 1 is 1.11 bits per heavy atom. The number of rotatable bonds is 7. The minimum atomic E-state index is -0.637. The van der Waals surface area contributed by atoms with E-state index in [1.54, 1.807) is 18.2 Å². The van der Waals surface area contributed by atoms with Gasteiger partial charge >= 0.3 is 0 Å². The molecule has 3 unspecified atom stereocenters. The third-order valence-electron chi connectivity index (χ3n) is 7.16. The summed E-state index contributed by atoms with van der Waals surface area (Å²) in [6, 6.07) is 8.70. The zero-order chi connectivity index (χ0) is 24.5. The molecular weight excluding hydrogens is 444 g/mol. The Hall–Kier alpha value is -3.35. The molecule has 1 saturated carbocycles. The average Bonchev–Trinajstić information content (AvgIpc) is 3.17. The number of carbonyl (C=O) groups excluding carboxylic acids is 2. The first-order valence-corrected chi connectivity index (χ1v) is 12.6. The van der Waals surface area contributed by atoms with Crippen molar-refractivity contribution >= 4 is 17.5 Å². The predicted octanol–water partition coefficient (Wildman–Crippen LogP) is 5.08. The fourth-order valence-electron chi connectivity index (χ4n) is 5.30. The number of hydrogen-bond acceptors (Lipinski definition) is 6. The van der Waals surface area contributed by atoms with E-state index in [1.807, 2.05) is 37.3 Å². The van der Waals surface area contributed by atoms with E-state index in [2.05, 4.69) is 11.9 Å². The molecule has 1 amide bonds. The lowest BCUT2D eigenvalue weighted by Crippen LogP contribution is -2.39. The van der Waals surface area contributed by atoms with E-state index in [1.165, 1.54) is 0 Å². The van der Waals surface area contributed by atoms with Crippen molar-refractivity contribution in [1.82, 2.24) is 4.98 Å². The fourth-order valence-corrected chi connectivity index (χ4v) is 5.30. The SMILES string of the molecule is CCCCOc1ccc(C2C3=C(OC4CCCCC4C3=O)C(=O)N2c2ccc(C)cn2)cc1OC. The Labute approximate surface area is 206 Å². The summed E-state index contributed by atoms with van der Waals surface area (Å²) in [6.07, 6.45) is 7.07. The number of hydrogen-bond donors (Lipinski definition) is 0. The van der Waals surface area contributed by atoms with Crippen molar-refractivity contribution in [3.8, 4) is 11.5 Å². The Morgan fingerprint density at radius 2 is 1.94 bits per heavy atom. The summed E-state index contributed by atoms with van der Waals surface area (Å²) in [4.78, 5) is 33.6. The monoisotopic (exact) mass is 476 g/mol. The summed E-state index contributed by atoms with van der Waals surface area (Å²) in [7, 11) is 1.59. The number of aromatic nitrogens is 1. The van der Waals surface area contributed by atoms with Crippen LogP contribution >= 0.6 is 0 Å². The van der Waals surface area contributed by atoms with Crippen LogP contribution in [0, 0.1) is 12.8 Å². The van der Waals surface area contributed by atoms with Crippen LogP contribution in [-0.2, 0) is 14.3 Å². The third kappa shape index (κ3) is 4.17. The van der Waals surface area contributed by atoms with E-state index in [9.17, 15) is 9.59 Å². The maximum Gasteiger partial charge on any atom is 0.295 e. The largest absolute Gasteiger partial charge is 0.493 e. The maximum atomic E-state index is 13.8. The van der Waals surface area contributed by atoms with Crippen LogP contribution in [-0.4, -0.2) is 36.5 Å². The van der Waals surface area contributed by atoms with Crippen LogP contribution in [0.15, 0.2) is 47.9 Å². The highest BCUT2D eigenvalue weighted by Crippen LogP contribution is 2.48. The molecule has 0 saturated heterocycles. The van der Waals surface area contributed by atoms with Gasteiger partial charge in [0.1, 0.15) is 11.9 Å². The summed E-state index contributed by atoms with van der Waals surface area (Å²) < 4.78 is 17.8. The molecule has 0 spiro atoms. The quantitative estimate of drug-likeness (QED) is 0.519. The Bertz CT molecular complexity index is 1160. The van der Waals surface area contributed by atoms with Crippen LogP contribution < -0.4 is 14.4 Å². The minimum absolute atomic E-state index is 0.0196. The number of benzene rings is 1. The second-order valence-electron chi connectivity index (χ2n) is 9.54. The zero-order valence-corrected chi connectivity index (χ0v) is 20.6. The van der Waals surface area contributed by atoms with E-state index < -0.39 is 6.04 Å². The Balaban J connectivity index is 1.59. The van der Waals surface area contributed by atoms with E-state index >= 15 is 0 Å². The number of unbranched alkanes of at least 4 members (excludes halogenated alkanes) is 1. The van der Waals surface area contributed by atoms with Crippen molar-refractivity contribution in [2.24, 2.45) is 5.92 Å². The summed E-state index contributed by atoms with van der Waals surface area (Å²) in [5.74, 6) is 1.36. The molecule has 0 bridgehead atoms. The molecule has 1 fully saturated rings. The van der Waals surface area contributed by atoms with E-state index in [0.717, 1.165) is 49.7 Å². The molecule has 35 heavy (non-hydrogen) atoms. The van der Waals surface area contributed by atoms with Crippen LogP contribution in [0.1, 0.15) is 62.6 Å². The number of ether oxygens (including phenoxy) is 3. The third-order valence-corrected chi connectivity index (χ3v) is 7.16. The summed E-state index contributed by atoms with van der Waals surface area (Å²) in [5.41, 5.74) is 2.18. The maximum absolute atomic E-state index is 13.8. The highest BCUT2D eigenvalue weighted by atomic mass is 16.5. The molecule has 1 aromatic carbocycles. The normalized spacial score (nSPS) is 23.6. The molecule has 2 aromatic rings. The van der Waals surface area contributed by atoms with Gasteiger partial charge in [0, 0.05) is 6.20 Å². The molecule has 7 heteroatoms. The number of nitrogens with zero attached hydrogens (tertiary/aromatic N) is 2. The van der Waals surface area contributed by atoms with Gasteiger partial charge < -0.3 is 14.2 Å². The van der Waals surface area contributed by atoms with Crippen molar-refractivity contribution in [1.29, 1.82) is 0 Å². The van der Waals surface area contributed by atoms with Gasteiger partial charge in [0.05, 0.1) is 31.2 Å². The zero-order valence-electron chi connectivity index (χ0n) is 20.6. The molecule has 1 aromatic heterocycles. The molecular formula is C28H32N2O5. The van der Waals surface area contributed by atoms with E-state index in [-0.39, 0.29) is 29.5 Å². The number of amides is 1. The van der Waals surface area contributed by atoms with E-state index in [0.29, 0.717) is 29.5 Å². The molecule has 3 heterocycles. The molecule has 5 rings (SSSR count). The number of Topliss-reactive ketones (excluding diaryl/α,β-unsaturated/α-hetero) is 1. The topological polar surface area (TPSA) is 78.0 Å². The molecule has 3 atom stereocenters. The smallest absolute Gasteiger partial charge is 0.295 e. The lowest BCUT2D eigenvalue weighted by atomic mass is 9.77. The van der Waals surface area contributed by atoms with Crippen molar-refractivity contribution in [3.05, 3.63) is 59.0 Å². The molecule has 184 valence electrons.